The number of rotatable bonds is 13. The van der Waals surface area contributed by atoms with Gasteiger partial charge >= 0.3 is 0 Å². The number of aliphatic hydroxyl groups is 1. The second-order valence-electron chi connectivity index (χ2n) is 7.98. The maximum atomic E-state index is 10.1. The Morgan fingerprint density at radius 3 is 2.31 bits per heavy atom. The Hall–Kier alpha value is -0.160. The maximum Gasteiger partial charge on any atom is 0.191 e. The fourth-order valence-corrected chi connectivity index (χ4v) is 3.54. The predicted molar refractivity (Wildman–Crippen MR) is 131 cm³/mol. The fourth-order valence-electron chi connectivity index (χ4n) is 3.54. The molecule has 1 heterocycles. The number of halogens is 1. The Labute approximate surface area is 195 Å². The van der Waals surface area contributed by atoms with Crippen LogP contribution >= 0.6 is 24.0 Å². The quantitative estimate of drug-likeness (QED) is 0.194. The van der Waals surface area contributed by atoms with E-state index in [9.17, 15) is 5.11 Å². The van der Waals surface area contributed by atoms with Crippen LogP contribution in [0.5, 0.6) is 0 Å². The zero-order valence-electron chi connectivity index (χ0n) is 19.2. The molecule has 0 aromatic rings. The van der Waals surface area contributed by atoms with Crippen LogP contribution in [0.2, 0.25) is 0 Å². The zero-order valence-corrected chi connectivity index (χ0v) is 21.5. The van der Waals surface area contributed by atoms with E-state index in [2.05, 4.69) is 50.2 Å². The second kappa shape index (κ2) is 17.5. The summed E-state index contributed by atoms with van der Waals surface area (Å²) in [5.41, 5.74) is 0. The highest BCUT2D eigenvalue weighted by molar-refractivity contribution is 14.0. The molecule has 1 aliphatic heterocycles. The molecule has 1 rings (SSSR count). The van der Waals surface area contributed by atoms with Crippen LogP contribution in [-0.2, 0) is 9.47 Å². The predicted octanol–water partition coefficient (Wildman–Crippen LogP) is 2.33. The Balaban J connectivity index is 0.00000784. The van der Waals surface area contributed by atoms with Crippen LogP contribution in [0.1, 0.15) is 47.5 Å². The SMILES string of the molecule is CCNC(=NCC(C(CC)CC)N1CCOCC1)NCC(O)COCC(C)C.I. The summed E-state index contributed by atoms with van der Waals surface area (Å²) in [7, 11) is 0. The van der Waals surface area contributed by atoms with E-state index in [1.54, 1.807) is 0 Å². The number of nitrogens with zero attached hydrogens (tertiary/aromatic N) is 2. The van der Waals surface area contributed by atoms with Crippen LogP contribution in [0, 0.1) is 11.8 Å². The minimum Gasteiger partial charge on any atom is -0.389 e. The molecule has 0 aromatic heterocycles. The van der Waals surface area contributed by atoms with Crippen LogP contribution in [0.25, 0.3) is 0 Å². The van der Waals surface area contributed by atoms with Crippen molar-refractivity contribution in [2.45, 2.75) is 59.6 Å². The third-order valence-corrected chi connectivity index (χ3v) is 5.15. The lowest BCUT2D eigenvalue weighted by atomic mass is 9.92. The number of guanidine groups is 1. The van der Waals surface area contributed by atoms with Crippen LogP contribution in [-0.4, -0.2) is 87.3 Å². The molecule has 1 saturated heterocycles. The number of aliphatic imine (C=N–C) groups is 1. The minimum atomic E-state index is -0.545. The number of morpholine rings is 1. The topological polar surface area (TPSA) is 78.4 Å². The molecule has 0 aromatic carbocycles. The third-order valence-electron chi connectivity index (χ3n) is 5.15. The number of hydrogen-bond acceptors (Lipinski definition) is 5. The highest BCUT2D eigenvalue weighted by Gasteiger charge is 2.26. The average molecular weight is 529 g/mol. The molecule has 7 nitrogen and oxygen atoms in total. The number of nitrogens with one attached hydrogen (secondary N) is 2. The molecule has 174 valence electrons. The van der Waals surface area contributed by atoms with Gasteiger partial charge in [0.05, 0.1) is 32.5 Å². The Bertz CT molecular complexity index is 417. The van der Waals surface area contributed by atoms with Gasteiger partial charge in [0.15, 0.2) is 5.96 Å². The van der Waals surface area contributed by atoms with Gasteiger partial charge in [-0.2, -0.15) is 0 Å². The highest BCUT2D eigenvalue weighted by atomic mass is 127. The first kappa shape index (κ1) is 28.8. The summed E-state index contributed by atoms with van der Waals surface area (Å²) in [6, 6.07) is 0.425. The smallest absolute Gasteiger partial charge is 0.191 e. The van der Waals surface area contributed by atoms with Crippen molar-refractivity contribution in [1.29, 1.82) is 0 Å². The summed E-state index contributed by atoms with van der Waals surface area (Å²) in [6.45, 7) is 17.3. The Kier molecular flexibility index (Phi) is 17.4. The van der Waals surface area contributed by atoms with E-state index >= 15 is 0 Å². The molecule has 1 aliphatic rings. The van der Waals surface area contributed by atoms with Gasteiger partial charge in [-0.05, 0) is 18.8 Å². The fraction of sp³-hybridized carbons (Fsp3) is 0.952. The molecule has 1 fully saturated rings. The third kappa shape index (κ3) is 12.3. The summed E-state index contributed by atoms with van der Waals surface area (Å²) in [6.07, 6.45) is 1.77. The van der Waals surface area contributed by atoms with E-state index in [1.165, 1.54) is 0 Å². The first-order valence-electron chi connectivity index (χ1n) is 11.1. The molecule has 2 atom stereocenters. The lowest BCUT2D eigenvalue weighted by Gasteiger charge is -2.38. The molecule has 0 aliphatic carbocycles. The number of aliphatic hydroxyl groups excluding tert-OH is 1. The largest absolute Gasteiger partial charge is 0.389 e. The molecule has 0 radical (unpaired) electrons. The van der Waals surface area contributed by atoms with Crippen molar-refractivity contribution in [2.24, 2.45) is 16.8 Å². The van der Waals surface area contributed by atoms with E-state index < -0.39 is 6.10 Å². The summed E-state index contributed by atoms with van der Waals surface area (Å²) < 4.78 is 11.0. The van der Waals surface area contributed by atoms with Gasteiger partial charge in [-0.25, -0.2) is 0 Å². The van der Waals surface area contributed by atoms with Crippen LogP contribution < -0.4 is 10.6 Å². The van der Waals surface area contributed by atoms with Crippen molar-refractivity contribution >= 4 is 29.9 Å². The molecule has 29 heavy (non-hydrogen) atoms. The van der Waals surface area contributed by atoms with Crippen molar-refractivity contribution in [2.75, 3.05) is 59.2 Å². The zero-order chi connectivity index (χ0) is 20.8. The molecule has 8 heteroatoms. The van der Waals surface area contributed by atoms with Gasteiger partial charge in [0.2, 0.25) is 0 Å². The van der Waals surface area contributed by atoms with Crippen molar-refractivity contribution < 1.29 is 14.6 Å². The molecular weight excluding hydrogens is 483 g/mol. The van der Waals surface area contributed by atoms with E-state index in [0.29, 0.717) is 37.6 Å². The molecule has 2 unspecified atom stereocenters. The summed E-state index contributed by atoms with van der Waals surface area (Å²) in [5.74, 6) is 1.86. The molecule has 0 amide bonds. The lowest BCUT2D eigenvalue weighted by molar-refractivity contribution is 0.00393. The van der Waals surface area contributed by atoms with Crippen LogP contribution in [0.4, 0.5) is 0 Å². The first-order chi connectivity index (χ1) is 13.5. The summed E-state index contributed by atoms with van der Waals surface area (Å²) in [4.78, 5) is 7.38. The second-order valence-corrected chi connectivity index (χ2v) is 7.98. The van der Waals surface area contributed by atoms with Crippen LogP contribution in [0.15, 0.2) is 4.99 Å². The van der Waals surface area contributed by atoms with Crippen molar-refractivity contribution in [1.82, 2.24) is 15.5 Å². The number of hydrogen-bond donors (Lipinski definition) is 3. The average Bonchev–Trinajstić information content (AvgIpc) is 2.69. The van der Waals surface area contributed by atoms with Crippen molar-refractivity contribution in [3.05, 3.63) is 0 Å². The van der Waals surface area contributed by atoms with E-state index in [4.69, 9.17) is 14.5 Å². The Morgan fingerprint density at radius 1 is 1.10 bits per heavy atom. The van der Waals surface area contributed by atoms with E-state index in [-0.39, 0.29) is 24.0 Å². The Morgan fingerprint density at radius 2 is 1.76 bits per heavy atom. The molecular formula is C21H45IN4O3. The normalized spacial score (nSPS) is 17.9. The van der Waals surface area contributed by atoms with Gasteiger partial charge in [0.25, 0.3) is 0 Å². The van der Waals surface area contributed by atoms with E-state index in [1.807, 2.05) is 0 Å². The lowest BCUT2D eigenvalue weighted by Crippen LogP contribution is -2.49. The van der Waals surface area contributed by atoms with Gasteiger partial charge in [-0.1, -0.05) is 40.5 Å². The van der Waals surface area contributed by atoms with Gasteiger partial charge < -0.3 is 25.2 Å². The molecule has 0 bridgehead atoms. The monoisotopic (exact) mass is 528 g/mol. The standard InChI is InChI=1S/C21H44N4O3.HI/c1-6-18(7-2)20(25-9-11-27-12-10-25)14-24-21(22-8-3)23-13-19(26)16-28-15-17(4)5;/h17-20,26H,6-16H2,1-5H3,(H2,22,23,24);1H. The van der Waals surface area contributed by atoms with Gasteiger partial charge in [0.1, 0.15) is 0 Å². The van der Waals surface area contributed by atoms with Gasteiger partial charge in [-0.15, -0.1) is 24.0 Å². The van der Waals surface area contributed by atoms with Crippen molar-refractivity contribution in [3.8, 4) is 0 Å². The van der Waals surface area contributed by atoms with Gasteiger partial charge in [-0.3, -0.25) is 9.89 Å². The molecule has 0 saturated carbocycles. The van der Waals surface area contributed by atoms with Crippen molar-refractivity contribution in [3.63, 3.8) is 0 Å². The maximum absolute atomic E-state index is 10.1. The molecule has 0 spiro atoms. The first-order valence-corrected chi connectivity index (χ1v) is 11.1. The summed E-state index contributed by atoms with van der Waals surface area (Å²) in [5, 5.41) is 16.7. The van der Waals surface area contributed by atoms with Crippen LogP contribution in [0.3, 0.4) is 0 Å². The number of ether oxygens (including phenoxy) is 2. The highest BCUT2D eigenvalue weighted by Crippen LogP contribution is 2.20. The summed E-state index contributed by atoms with van der Waals surface area (Å²) >= 11 is 0. The minimum absolute atomic E-state index is 0. The van der Waals surface area contributed by atoms with E-state index in [0.717, 1.165) is 58.2 Å². The molecule has 3 N–H and O–H groups in total. The van der Waals surface area contributed by atoms with Gasteiger partial charge in [0, 0.05) is 38.8 Å².